The van der Waals surface area contributed by atoms with Gasteiger partial charge in [-0.15, -0.1) is 23.5 Å². The van der Waals surface area contributed by atoms with Crippen molar-refractivity contribution in [1.82, 2.24) is 0 Å². The highest BCUT2D eigenvalue weighted by molar-refractivity contribution is 8.03. The number of hydrogen-bond donors (Lipinski definition) is 0. The van der Waals surface area contributed by atoms with Gasteiger partial charge in [-0.1, -0.05) is 30.3 Å². The minimum absolute atomic E-state index is 0.240. The van der Waals surface area contributed by atoms with Gasteiger partial charge >= 0.3 is 11.9 Å². The SMILES string of the molecule is CC(=O)Oc1ccc(SCC(Sc2ccc(OC(C)=O)cc2)c2ccccc2)cc1. The van der Waals surface area contributed by atoms with Crippen LogP contribution in [0.3, 0.4) is 0 Å². The van der Waals surface area contributed by atoms with E-state index in [1.807, 2.05) is 66.7 Å². The average Bonchev–Trinajstić information content (AvgIpc) is 2.73. The fourth-order valence-electron chi connectivity index (χ4n) is 2.72. The van der Waals surface area contributed by atoms with Crippen LogP contribution in [0.1, 0.15) is 24.7 Å². The highest BCUT2D eigenvalue weighted by atomic mass is 32.2. The smallest absolute Gasteiger partial charge is 0.308 e. The lowest BCUT2D eigenvalue weighted by atomic mass is 10.2. The molecule has 3 aromatic rings. The van der Waals surface area contributed by atoms with E-state index >= 15 is 0 Å². The standard InChI is InChI=1S/C24H22O4S2/c1-17(25)27-20-8-12-22(13-9-20)29-16-24(19-6-4-3-5-7-19)30-23-14-10-21(11-15-23)28-18(2)26/h3-15,24H,16H2,1-2H3. The summed E-state index contributed by atoms with van der Waals surface area (Å²) in [6, 6.07) is 25.5. The zero-order valence-corrected chi connectivity index (χ0v) is 18.4. The van der Waals surface area contributed by atoms with E-state index in [0.29, 0.717) is 11.5 Å². The zero-order valence-electron chi connectivity index (χ0n) is 16.7. The zero-order chi connectivity index (χ0) is 21.3. The molecule has 0 spiro atoms. The van der Waals surface area contributed by atoms with Crippen molar-refractivity contribution in [3.63, 3.8) is 0 Å². The molecule has 3 rings (SSSR count). The largest absolute Gasteiger partial charge is 0.427 e. The van der Waals surface area contributed by atoms with E-state index in [4.69, 9.17) is 9.47 Å². The molecule has 4 nitrogen and oxygen atoms in total. The second-order valence-corrected chi connectivity index (χ2v) is 8.83. The van der Waals surface area contributed by atoms with Gasteiger partial charge < -0.3 is 9.47 Å². The van der Waals surface area contributed by atoms with Crippen LogP contribution >= 0.6 is 23.5 Å². The minimum atomic E-state index is -0.325. The monoisotopic (exact) mass is 438 g/mol. The summed E-state index contributed by atoms with van der Waals surface area (Å²) >= 11 is 3.52. The van der Waals surface area contributed by atoms with Crippen molar-refractivity contribution in [2.24, 2.45) is 0 Å². The summed E-state index contributed by atoms with van der Waals surface area (Å²) in [6.45, 7) is 2.78. The van der Waals surface area contributed by atoms with Crippen LogP contribution in [0.15, 0.2) is 88.7 Å². The highest BCUT2D eigenvalue weighted by Gasteiger charge is 2.14. The van der Waals surface area contributed by atoms with Crippen LogP contribution in [0.25, 0.3) is 0 Å². The minimum Gasteiger partial charge on any atom is -0.427 e. The molecular formula is C24H22O4S2. The molecule has 0 aliphatic carbocycles. The molecule has 30 heavy (non-hydrogen) atoms. The Balaban J connectivity index is 1.69. The Morgan fingerprint density at radius 1 is 0.733 bits per heavy atom. The van der Waals surface area contributed by atoms with Crippen molar-refractivity contribution in [2.45, 2.75) is 28.9 Å². The Bertz CT molecular complexity index is 970. The molecule has 0 saturated carbocycles. The van der Waals surface area contributed by atoms with Crippen LogP contribution in [0.2, 0.25) is 0 Å². The summed E-state index contributed by atoms with van der Waals surface area (Å²) in [4.78, 5) is 24.4. The number of hydrogen-bond acceptors (Lipinski definition) is 6. The molecule has 3 aromatic carbocycles. The van der Waals surface area contributed by atoms with Crippen molar-refractivity contribution >= 4 is 35.5 Å². The van der Waals surface area contributed by atoms with Crippen LogP contribution in [-0.4, -0.2) is 17.7 Å². The first-order valence-corrected chi connectivity index (χ1v) is 11.3. The van der Waals surface area contributed by atoms with Gasteiger partial charge in [-0.25, -0.2) is 0 Å². The molecule has 0 aliphatic heterocycles. The van der Waals surface area contributed by atoms with Crippen LogP contribution in [0.4, 0.5) is 0 Å². The fraction of sp³-hybridized carbons (Fsp3) is 0.167. The lowest BCUT2D eigenvalue weighted by molar-refractivity contribution is -0.132. The third-order valence-corrected chi connectivity index (χ3v) is 6.61. The molecule has 0 heterocycles. The van der Waals surface area contributed by atoms with Gasteiger partial charge in [0.25, 0.3) is 0 Å². The molecule has 0 saturated heterocycles. The number of carbonyl (C=O) groups is 2. The molecule has 0 N–H and O–H groups in total. The van der Waals surface area contributed by atoms with Crippen LogP contribution in [-0.2, 0) is 9.59 Å². The summed E-state index contributed by atoms with van der Waals surface area (Å²) < 4.78 is 10.2. The second-order valence-electron chi connectivity index (χ2n) is 6.46. The fourth-order valence-corrected chi connectivity index (χ4v) is 4.98. The molecule has 0 aliphatic rings. The summed E-state index contributed by atoms with van der Waals surface area (Å²) in [7, 11) is 0. The number of benzene rings is 3. The van der Waals surface area contributed by atoms with E-state index in [9.17, 15) is 9.59 Å². The Hall–Kier alpha value is -2.70. The maximum Gasteiger partial charge on any atom is 0.308 e. The molecule has 0 aromatic heterocycles. The molecule has 1 atom stereocenters. The van der Waals surface area contributed by atoms with Gasteiger partial charge in [0.2, 0.25) is 0 Å². The second kappa shape index (κ2) is 10.9. The van der Waals surface area contributed by atoms with Crippen molar-refractivity contribution in [1.29, 1.82) is 0 Å². The normalized spacial score (nSPS) is 11.5. The lowest BCUT2D eigenvalue weighted by Gasteiger charge is -2.17. The molecule has 6 heteroatoms. The van der Waals surface area contributed by atoms with Gasteiger partial charge in [-0.2, -0.15) is 0 Å². The first-order valence-electron chi connectivity index (χ1n) is 9.41. The van der Waals surface area contributed by atoms with Crippen molar-refractivity contribution in [2.75, 3.05) is 5.75 Å². The maximum atomic E-state index is 11.1. The van der Waals surface area contributed by atoms with Gasteiger partial charge in [-0.3, -0.25) is 9.59 Å². The van der Waals surface area contributed by atoms with E-state index in [1.165, 1.54) is 19.4 Å². The molecule has 0 amide bonds. The number of rotatable bonds is 8. The van der Waals surface area contributed by atoms with E-state index in [-0.39, 0.29) is 17.2 Å². The maximum absolute atomic E-state index is 11.1. The van der Waals surface area contributed by atoms with E-state index < -0.39 is 0 Å². The predicted octanol–water partition coefficient (Wildman–Crippen LogP) is 6.16. The number of carbonyl (C=O) groups excluding carboxylic acids is 2. The van der Waals surface area contributed by atoms with E-state index in [2.05, 4.69) is 12.1 Å². The molecule has 154 valence electrons. The summed E-state index contributed by atoms with van der Waals surface area (Å²) in [5.41, 5.74) is 1.25. The van der Waals surface area contributed by atoms with Gasteiger partial charge in [0.15, 0.2) is 0 Å². The average molecular weight is 439 g/mol. The van der Waals surface area contributed by atoms with E-state index in [1.54, 1.807) is 23.5 Å². The van der Waals surface area contributed by atoms with Gasteiger partial charge in [-0.05, 0) is 54.1 Å². The van der Waals surface area contributed by atoms with Crippen molar-refractivity contribution in [3.8, 4) is 11.5 Å². The number of thioether (sulfide) groups is 2. The van der Waals surface area contributed by atoms with Gasteiger partial charge in [0.1, 0.15) is 11.5 Å². The topological polar surface area (TPSA) is 52.6 Å². The van der Waals surface area contributed by atoms with Crippen LogP contribution < -0.4 is 9.47 Å². The van der Waals surface area contributed by atoms with Gasteiger partial charge in [0.05, 0.1) is 0 Å². The van der Waals surface area contributed by atoms with Crippen molar-refractivity contribution in [3.05, 3.63) is 84.4 Å². The third kappa shape index (κ3) is 6.97. The Kier molecular flexibility index (Phi) is 7.99. The van der Waals surface area contributed by atoms with Crippen LogP contribution in [0, 0.1) is 0 Å². The lowest BCUT2D eigenvalue weighted by Crippen LogP contribution is -2.01. The van der Waals surface area contributed by atoms with Crippen LogP contribution in [0.5, 0.6) is 11.5 Å². The predicted molar refractivity (Wildman–Crippen MR) is 121 cm³/mol. The van der Waals surface area contributed by atoms with Crippen molar-refractivity contribution < 1.29 is 19.1 Å². The summed E-state index contributed by atoms with van der Waals surface area (Å²) in [5, 5.41) is 0.240. The first kappa shape index (κ1) is 22.0. The molecule has 0 fully saturated rings. The number of esters is 2. The molecule has 0 bridgehead atoms. The Morgan fingerprint density at radius 3 is 1.73 bits per heavy atom. The highest BCUT2D eigenvalue weighted by Crippen LogP contribution is 2.39. The summed E-state index contributed by atoms with van der Waals surface area (Å²) in [5.74, 6) is 1.32. The van der Waals surface area contributed by atoms with E-state index in [0.717, 1.165) is 15.5 Å². The Morgan fingerprint density at radius 2 is 1.23 bits per heavy atom. The first-order chi connectivity index (χ1) is 14.5. The van der Waals surface area contributed by atoms with Gasteiger partial charge in [0, 0.05) is 34.6 Å². The summed E-state index contributed by atoms with van der Waals surface area (Å²) in [6.07, 6.45) is 0. The quantitative estimate of drug-likeness (QED) is 0.238. The molecule has 1 unspecified atom stereocenters. The third-order valence-electron chi connectivity index (χ3n) is 4.02. The molecular weight excluding hydrogens is 416 g/mol. The molecule has 0 radical (unpaired) electrons. The Labute approximate surface area is 185 Å². The number of ether oxygens (including phenoxy) is 2.